The zero-order chi connectivity index (χ0) is 12.8. The van der Waals surface area contributed by atoms with E-state index in [2.05, 4.69) is 5.32 Å². The molecule has 6 heteroatoms. The van der Waals surface area contributed by atoms with Gasteiger partial charge in [0, 0.05) is 12.7 Å². The van der Waals surface area contributed by atoms with Gasteiger partial charge in [-0.1, -0.05) is 0 Å². The Morgan fingerprint density at radius 1 is 1.24 bits per heavy atom. The van der Waals surface area contributed by atoms with Crippen LogP contribution in [0.3, 0.4) is 0 Å². The summed E-state index contributed by atoms with van der Waals surface area (Å²) in [6.07, 6.45) is 0. The average molecular weight is 238 g/mol. The van der Waals surface area contributed by atoms with Gasteiger partial charge in [0.1, 0.15) is 12.3 Å². The highest BCUT2D eigenvalue weighted by Gasteiger charge is 2.13. The molecule has 0 radical (unpaired) electrons. The molecule has 92 valence electrons. The Morgan fingerprint density at radius 2 is 1.82 bits per heavy atom. The lowest BCUT2D eigenvalue weighted by Gasteiger charge is -2.21. The maximum absolute atomic E-state index is 11.2. The van der Waals surface area contributed by atoms with Crippen molar-refractivity contribution >= 4 is 17.6 Å². The number of nitrogens with one attached hydrogen (secondary N) is 1. The fourth-order valence-electron chi connectivity index (χ4n) is 1.32. The quantitative estimate of drug-likeness (QED) is 0.673. The summed E-state index contributed by atoms with van der Waals surface area (Å²) in [5.41, 5.74) is 0.564. The van der Waals surface area contributed by atoms with Gasteiger partial charge in [-0.3, -0.25) is 9.59 Å². The van der Waals surface area contributed by atoms with Crippen molar-refractivity contribution in [2.75, 3.05) is 25.0 Å². The molecular formula is C11H14N2O4. The van der Waals surface area contributed by atoms with Gasteiger partial charge in [0.2, 0.25) is 5.91 Å². The first-order valence-corrected chi connectivity index (χ1v) is 4.99. The van der Waals surface area contributed by atoms with Crippen molar-refractivity contribution in [2.24, 2.45) is 0 Å². The van der Waals surface area contributed by atoms with Crippen molar-refractivity contribution in [1.82, 2.24) is 5.32 Å². The number of aliphatic carboxylic acids is 1. The van der Waals surface area contributed by atoms with E-state index in [0.29, 0.717) is 5.69 Å². The Hall–Kier alpha value is -2.24. The molecule has 17 heavy (non-hydrogen) atoms. The van der Waals surface area contributed by atoms with Gasteiger partial charge in [0.15, 0.2) is 0 Å². The van der Waals surface area contributed by atoms with Crippen LogP contribution in [0.2, 0.25) is 0 Å². The third kappa shape index (κ3) is 4.02. The Kier molecular flexibility index (Phi) is 4.33. The number of anilines is 1. The lowest BCUT2D eigenvalue weighted by atomic mass is 10.2. The van der Waals surface area contributed by atoms with E-state index in [1.165, 1.54) is 24.1 Å². The SMILES string of the molecule is CNC(=O)CN(CC(=O)O)c1ccc(O)cc1. The second-order valence-electron chi connectivity index (χ2n) is 3.44. The summed E-state index contributed by atoms with van der Waals surface area (Å²) >= 11 is 0. The monoisotopic (exact) mass is 238 g/mol. The third-order valence-electron chi connectivity index (χ3n) is 2.15. The van der Waals surface area contributed by atoms with Crippen LogP contribution in [0.4, 0.5) is 5.69 Å². The second kappa shape index (κ2) is 5.74. The van der Waals surface area contributed by atoms with Crippen LogP contribution in [-0.2, 0) is 9.59 Å². The number of aromatic hydroxyl groups is 1. The van der Waals surface area contributed by atoms with Crippen molar-refractivity contribution in [3.05, 3.63) is 24.3 Å². The van der Waals surface area contributed by atoms with Gasteiger partial charge in [-0.25, -0.2) is 0 Å². The molecule has 1 rings (SSSR count). The second-order valence-corrected chi connectivity index (χ2v) is 3.44. The Bertz CT molecular complexity index is 402. The highest BCUT2D eigenvalue weighted by Crippen LogP contribution is 2.17. The van der Waals surface area contributed by atoms with E-state index in [1.807, 2.05) is 0 Å². The number of phenolic OH excluding ortho intramolecular Hbond substituents is 1. The lowest BCUT2D eigenvalue weighted by Crippen LogP contribution is -2.38. The van der Waals surface area contributed by atoms with Crippen LogP contribution in [0, 0.1) is 0 Å². The molecule has 0 fully saturated rings. The molecule has 0 unspecified atom stereocenters. The molecule has 6 nitrogen and oxygen atoms in total. The summed E-state index contributed by atoms with van der Waals surface area (Å²) < 4.78 is 0. The van der Waals surface area contributed by atoms with Gasteiger partial charge >= 0.3 is 5.97 Å². The minimum atomic E-state index is -1.03. The number of carboxylic acid groups (broad SMARTS) is 1. The summed E-state index contributed by atoms with van der Waals surface area (Å²) in [7, 11) is 1.48. The molecule has 0 atom stereocenters. The molecule has 1 aromatic carbocycles. The van der Waals surface area contributed by atoms with Gasteiger partial charge < -0.3 is 20.4 Å². The first-order valence-electron chi connectivity index (χ1n) is 4.99. The number of benzene rings is 1. The third-order valence-corrected chi connectivity index (χ3v) is 2.15. The maximum Gasteiger partial charge on any atom is 0.323 e. The van der Waals surface area contributed by atoms with E-state index in [9.17, 15) is 9.59 Å². The summed E-state index contributed by atoms with van der Waals surface area (Å²) in [6.45, 7) is -0.328. The van der Waals surface area contributed by atoms with Crippen LogP contribution in [0.15, 0.2) is 24.3 Å². The number of hydrogen-bond acceptors (Lipinski definition) is 4. The largest absolute Gasteiger partial charge is 0.508 e. The van der Waals surface area contributed by atoms with Gasteiger partial charge in [-0.05, 0) is 24.3 Å². The minimum Gasteiger partial charge on any atom is -0.508 e. The predicted molar refractivity (Wildman–Crippen MR) is 62.0 cm³/mol. The number of phenols is 1. The van der Waals surface area contributed by atoms with Crippen molar-refractivity contribution in [3.8, 4) is 5.75 Å². The molecule has 1 amide bonds. The molecule has 0 aromatic heterocycles. The van der Waals surface area contributed by atoms with Gasteiger partial charge in [0.05, 0.1) is 6.54 Å². The number of hydrogen-bond donors (Lipinski definition) is 3. The predicted octanol–water partition coefficient (Wildman–Crippen LogP) is 0.0292. The average Bonchev–Trinajstić information content (AvgIpc) is 2.28. The normalized spacial score (nSPS) is 9.71. The molecule has 0 saturated heterocycles. The van der Waals surface area contributed by atoms with E-state index in [0.717, 1.165) is 0 Å². The molecule has 0 aliphatic heterocycles. The zero-order valence-electron chi connectivity index (χ0n) is 9.38. The van der Waals surface area contributed by atoms with Crippen LogP contribution in [0.25, 0.3) is 0 Å². The van der Waals surface area contributed by atoms with E-state index in [-0.39, 0.29) is 24.7 Å². The van der Waals surface area contributed by atoms with Gasteiger partial charge in [-0.15, -0.1) is 0 Å². The fraction of sp³-hybridized carbons (Fsp3) is 0.273. The van der Waals surface area contributed by atoms with Gasteiger partial charge in [0.25, 0.3) is 0 Å². The van der Waals surface area contributed by atoms with Crippen LogP contribution in [-0.4, -0.2) is 42.2 Å². The lowest BCUT2D eigenvalue weighted by molar-refractivity contribution is -0.135. The Balaban J connectivity index is 2.85. The Morgan fingerprint density at radius 3 is 2.29 bits per heavy atom. The fourth-order valence-corrected chi connectivity index (χ4v) is 1.32. The van der Waals surface area contributed by atoms with Gasteiger partial charge in [-0.2, -0.15) is 0 Å². The topological polar surface area (TPSA) is 89.9 Å². The molecule has 0 aliphatic rings. The van der Waals surface area contributed by atoms with E-state index in [4.69, 9.17) is 10.2 Å². The number of carbonyl (C=O) groups excluding carboxylic acids is 1. The van der Waals surface area contributed by atoms with E-state index < -0.39 is 5.97 Å². The van der Waals surface area contributed by atoms with Crippen molar-refractivity contribution in [2.45, 2.75) is 0 Å². The summed E-state index contributed by atoms with van der Waals surface area (Å²) in [5.74, 6) is -1.22. The summed E-state index contributed by atoms with van der Waals surface area (Å²) in [6, 6.07) is 5.99. The number of nitrogens with zero attached hydrogens (tertiary/aromatic N) is 1. The Labute approximate surface area is 98.5 Å². The minimum absolute atomic E-state index is 0.0480. The molecule has 0 heterocycles. The maximum atomic E-state index is 11.2. The molecule has 0 saturated carbocycles. The van der Waals surface area contributed by atoms with Crippen LogP contribution < -0.4 is 10.2 Å². The first kappa shape index (κ1) is 12.8. The zero-order valence-corrected chi connectivity index (χ0v) is 9.38. The van der Waals surface area contributed by atoms with E-state index >= 15 is 0 Å². The highest BCUT2D eigenvalue weighted by atomic mass is 16.4. The molecule has 1 aromatic rings. The molecule has 0 bridgehead atoms. The highest BCUT2D eigenvalue weighted by molar-refractivity contribution is 5.83. The van der Waals surface area contributed by atoms with Crippen molar-refractivity contribution < 1.29 is 19.8 Å². The molecule has 0 aliphatic carbocycles. The molecule has 0 spiro atoms. The summed E-state index contributed by atoms with van der Waals surface area (Å²) in [4.78, 5) is 23.3. The van der Waals surface area contributed by atoms with Crippen LogP contribution in [0.5, 0.6) is 5.75 Å². The first-order chi connectivity index (χ1) is 8.02. The molecular weight excluding hydrogens is 224 g/mol. The van der Waals surface area contributed by atoms with Crippen molar-refractivity contribution in [3.63, 3.8) is 0 Å². The smallest absolute Gasteiger partial charge is 0.323 e. The summed E-state index contributed by atoms with van der Waals surface area (Å²) in [5, 5.41) is 20.3. The van der Waals surface area contributed by atoms with E-state index in [1.54, 1.807) is 12.1 Å². The van der Waals surface area contributed by atoms with Crippen LogP contribution >= 0.6 is 0 Å². The van der Waals surface area contributed by atoms with Crippen molar-refractivity contribution in [1.29, 1.82) is 0 Å². The number of amides is 1. The standard InChI is InChI=1S/C11H14N2O4/c1-12-10(15)6-13(7-11(16)17)8-2-4-9(14)5-3-8/h2-5,14H,6-7H2,1H3,(H,12,15)(H,16,17). The number of rotatable bonds is 5. The van der Waals surface area contributed by atoms with Crippen LogP contribution in [0.1, 0.15) is 0 Å². The number of likely N-dealkylation sites (N-methyl/N-ethyl adjacent to an activating group) is 1. The number of carboxylic acids is 1. The molecule has 3 N–H and O–H groups in total. The number of carbonyl (C=O) groups is 2.